The molecule has 0 saturated heterocycles. The second-order valence-electron chi connectivity index (χ2n) is 5.47. The molecular formula is C15H15N3O2. The van der Waals surface area contributed by atoms with E-state index in [2.05, 4.69) is 11.4 Å². The van der Waals surface area contributed by atoms with Crippen LogP contribution in [0.3, 0.4) is 0 Å². The number of nitriles is 1. The number of amides is 2. The van der Waals surface area contributed by atoms with E-state index >= 15 is 0 Å². The number of nitrogens with zero attached hydrogens (tertiary/aromatic N) is 2. The van der Waals surface area contributed by atoms with Gasteiger partial charge in [0.15, 0.2) is 0 Å². The molecule has 1 fully saturated rings. The lowest BCUT2D eigenvalue weighted by atomic mass is 10.1. The molecule has 0 radical (unpaired) electrons. The molecule has 1 aromatic rings. The topological polar surface area (TPSA) is 73.2 Å². The lowest BCUT2D eigenvalue weighted by Crippen LogP contribution is -2.30. The molecule has 1 aliphatic heterocycles. The van der Waals surface area contributed by atoms with E-state index in [1.165, 1.54) is 0 Å². The number of anilines is 1. The molecule has 1 aliphatic carbocycles. The maximum atomic E-state index is 11.9. The zero-order chi connectivity index (χ0) is 14.3. The molecule has 102 valence electrons. The van der Waals surface area contributed by atoms with Crippen LogP contribution in [0.1, 0.15) is 24.0 Å². The fourth-order valence-electron chi connectivity index (χ4n) is 2.50. The second kappa shape index (κ2) is 4.34. The molecule has 0 spiro atoms. The van der Waals surface area contributed by atoms with Gasteiger partial charge in [0, 0.05) is 19.3 Å². The lowest BCUT2D eigenvalue weighted by molar-refractivity contribution is -0.124. The summed E-state index contributed by atoms with van der Waals surface area (Å²) < 4.78 is 0. The summed E-state index contributed by atoms with van der Waals surface area (Å²) in [4.78, 5) is 25.1. The molecule has 0 bridgehead atoms. The van der Waals surface area contributed by atoms with Crippen molar-refractivity contribution in [2.75, 3.05) is 11.9 Å². The number of likely N-dealkylation sites (N-methyl/N-ethyl adjacent to an activating group) is 1. The van der Waals surface area contributed by atoms with Crippen LogP contribution in [0.4, 0.5) is 5.69 Å². The fraction of sp³-hybridized carbons (Fsp3) is 0.400. The van der Waals surface area contributed by atoms with E-state index in [0.717, 1.165) is 16.8 Å². The van der Waals surface area contributed by atoms with E-state index in [1.807, 2.05) is 18.2 Å². The first kappa shape index (κ1) is 12.7. The smallest absolute Gasteiger partial charge is 0.240 e. The molecule has 1 heterocycles. The number of fused-ring (bicyclic) bond motifs is 1. The molecule has 5 nitrogen and oxygen atoms in total. The molecule has 2 amide bonds. The number of carbonyl (C=O) groups is 2. The van der Waals surface area contributed by atoms with E-state index in [9.17, 15) is 9.59 Å². The summed E-state index contributed by atoms with van der Waals surface area (Å²) >= 11 is 0. The van der Waals surface area contributed by atoms with Crippen LogP contribution >= 0.6 is 0 Å². The largest absolute Gasteiger partial charge is 0.351 e. The average Bonchev–Trinajstić information content (AvgIpc) is 3.20. The number of hydrogen-bond acceptors (Lipinski definition) is 3. The first-order valence-electron chi connectivity index (χ1n) is 6.64. The Kier molecular flexibility index (Phi) is 2.75. The van der Waals surface area contributed by atoms with Crippen LogP contribution in [-0.2, 0) is 22.6 Å². The number of carbonyl (C=O) groups excluding carboxylic acids is 2. The van der Waals surface area contributed by atoms with Gasteiger partial charge in [-0.25, -0.2) is 0 Å². The lowest BCUT2D eigenvalue weighted by Gasteiger charge is -2.11. The Morgan fingerprint density at radius 1 is 1.50 bits per heavy atom. The SMILES string of the molecule is CN1C(=O)Cc2cc(CNC(=O)C3(C#N)CC3)ccc21. The fourth-order valence-corrected chi connectivity index (χ4v) is 2.50. The van der Waals surface area contributed by atoms with Gasteiger partial charge in [0.1, 0.15) is 5.41 Å². The van der Waals surface area contributed by atoms with Crippen LogP contribution in [0.5, 0.6) is 0 Å². The van der Waals surface area contributed by atoms with Crippen LogP contribution in [0.2, 0.25) is 0 Å². The quantitative estimate of drug-likeness (QED) is 0.893. The van der Waals surface area contributed by atoms with Crippen LogP contribution in [0.25, 0.3) is 0 Å². The van der Waals surface area contributed by atoms with Crippen molar-refractivity contribution in [2.45, 2.75) is 25.8 Å². The number of rotatable bonds is 3. The van der Waals surface area contributed by atoms with Crippen LogP contribution in [0, 0.1) is 16.7 Å². The minimum Gasteiger partial charge on any atom is -0.351 e. The molecule has 0 unspecified atom stereocenters. The zero-order valence-corrected chi connectivity index (χ0v) is 11.3. The molecule has 3 rings (SSSR count). The van der Waals surface area contributed by atoms with Gasteiger partial charge in [0.25, 0.3) is 0 Å². The predicted octanol–water partition coefficient (Wildman–Crippen LogP) is 1.13. The summed E-state index contributed by atoms with van der Waals surface area (Å²) in [5, 5.41) is 11.8. The first-order chi connectivity index (χ1) is 9.55. The normalized spacial score (nSPS) is 18.4. The predicted molar refractivity (Wildman–Crippen MR) is 72.7 cm³/mol. The van der Waals surface area contributed by atoms with Gasteiger partial charge < -0.3 is 10.2 Å². The Hall–Kier alpha value is -2.35. The summed E-state index contributed by atoms with van der Waals surface area (Å²) in [5.74, 6) is -0.101. The third kappa shape index (κ3) is 1.94. The second-order valence-corrected chi connectivity index (χ2v) is 5.47. The van der Waals surface area contributed by atoms with Crippen molar-refractivity contribution < 1.29 is 9.59 Å². The van der Waals surface area contributed by atoms with E-state index in [0.29, 0.717) is 25.8 Å². The van der Waals surface area contributed by atoms with Gasteiger partial charge in [0.2, 0.25) is 11.8 Å². The molecule has 0 atom stereocenters. The molecule has 0 aromatic heterocycles. The van der Waals surface area contributed by atoms with Crippen molar-refractivity contribution in [2.24, 2.45) is 5.41 Å². The van der Waals surface area contributed by atoms with Gasteiger partial charge in [0.05, 0.1) is 12.5 Å². The number of hydrogen-bond donors (Lipinski definition) is 1. The van der Waals surface area contributed by atoms with Crippen LogP contribution < -0.4 is 10.2 Å². The Labute approximate surface area is 117 Å². The molecule has 20 heavy (non-hydrogen) atoms. The molecule has 1 aromatic carbocycles. The van der Waals surface area contributed by atoms with Crippen molar-refractivity contribution in [1.29, 1.82) is 5.26 Å². The maximum absolute atomic E-state index is 11.9. The highest BCUT2D eigenvalue weighted by Crippen LogP contribution is 2.45. The van der Waals surface area contributed by atoms with Gasteiger partial charge in [-0.1, -0.05) is 12.1 Å². The van der Waals surface area contributed by atoms with Gasteiger partial charge in [-0.3, -0.25) is 9.59 Å². The summed E-state index contributed by atoms with van der Waals surface area (Å²) in [7, 11) is 1.76. The summed E-state index contributed by atoms with van der Waals surface area (Å²) in [6.07, 6.45) is 1.72. The minimum atomic E-state index is -0.785. The van der Waals surface area contributed by atoms with Crippen molar-refractivity contribution in [3.63, 3.8) is 0 Å². The highest BCUT2D eigenvalue weighted by Gasteiger charge is 2.50. The molecule has 5 heteroatoms. The van der Waals surface area contributed by atoms with Crippen molar-refractivity contribution in [1.82, 2.24) is 5.32 Å². The Bertz CT molecular complexity index is 641. The van der Waals surface area contributed by atoms with Gasteiger partial charge in [-0.15, -0.1) is 0 Å². The van der Waals surface area contributed by atoms with Crippen molar-refractivity contribution in [3.05, 3.63) is 29.3 Å². The summed E-state index contributed by atoms with van der Waals surface area (Å²) in [5.41, 5.74) is 2.09. The van der Waals surface area contributed by atoms with E-state index in [-0.39, 0.29) is 11.8 Å². The van der Waals surface area contributed by atoms with Crippen molar-refractivity contribution >= 4 is 17.5 Å². The molecule has 1 N–H and O–H groups in total. The van der Waals surface area contributed by atoms with E-state index in [1.54, 1.807) is 11.9 Å². The van der Waals surface area contributed by atoms with E-state index in [4.69, 9.17) is 5.26 Å². The molecular weight excluding hydrogens is 254 g/mol. The highest BCUT2D eigenvalue weighted by molar-refractivity contribution is 6.00. The summed E-state index contributed by atoms with van der Waals surface area (Å²) in [6.45, 7) is 0.396. The van der Waals surface area contributed by atoms with Crippen LogP contribution in [0.15, 0.2) is 18.2 Å². The van der Waals surface area contributed by atoms with Gasteiger partial charge in [-0.05, 0) is 30.0 Å². The zero-order valence-electron chi connectivity index (χ0n) is 11.3. The van der Waals surface area contributed by atoms with Crippen molar-refractivity contribution in [3.8, 4) is 6.07 Å². The monoisotopic (exact) mass is 269 g/mol. The average molecular weight is 269 g/mol. The third-order valence-electron chi connectivity index (χ3n) is 4.07. The third-order valence-corrected chi connectivity index (χ3v) is 4.07. The number of benzene rings is 1. The maximum Gasteiger partial charge on any atom is 0.240 e. The molecule has 1 saturated carbocycles. The van der Waals surface area contributed by atoms with Crippen LogP contribution in [-0.4, -0.2) is 18.9 Å². The standard InChI is InChI=1S/C15H15N3O2/c1-18-12-3-2-10(6-11(12)7-13(18)19)8-17-14(20)15(9-16)4-5-15/h2-3,6H,4-5,7-8H2,1H3,(H,17,20). The summed E-state index contributed by atoms with van der Waals surface area (Å²) in [6, 6.07) is 7.83. The van der Waals surface area contributed by atoms with Gasteiger partial charge in [-0.2, -0.15) is 5.26 Å². The minimum absolute atomic E-state index is 0.0857. The molecule has 2 aliphatic rings. The Balaban J connectivity index is 1.68. The Morgan fingerprint density at radius 2 is 2.25 bits per heavy atom. The number of nitrogens with one attached hydrogen (secondary N) is 1. The Morgan fingerprint density at radius 3 is 2.90 bits per heavy atom. The first-order valence-corrected chi connectivity index (χ1v) is 6.64. The van der Waals surface area contributed by atoms with E-state index < -0.39 is 5.41 Å². The highest BCUT2D eigenvalue weighted by atomic mass is 16.2. The van der Waals surface area contributed by atoms with Gasteiger partial charge >= 0.3 is 0 Å².